The van der Waals surface area contributed by atoms with E-state index in [4.69, 9.17) is 4.74 Å². The monoisotopic (exact) mass is 374 g/mol. The molecule has 0 saturated heterocycles. The van der Waals surface area contributed by atoms with Crippen LogP contribution in [-0.2, 0) is 4.79 Å². The second kappa shape index (κ2) is 9.20. The molecule has 3 aromatic carbocycles. The average Bonchev–Trinajstić information content (AvgIpc) is 2.74. The van der Waals surface area contributed by atoms with Crippen molar-refractivity contribution in [2.75, 3.05) is 12.4 Å². The van der Waals surface area contributed by atoms with E-state index >= 15 is 0 Å². The van der Waals surface area contributed by atoms with Crippen molar-refractivity contribution < 1.29 is 9.53 Å². The Morgan fingerprint density at radius 2 is 1.43 bits per heavy atom. The fraction of sp³-hybridized carbons (Fsp3) is 0.208. The van der Waals surface area contributed by atoms with Gasteiger partial charge >= 0.3 is 0 Å². The molecule has 0 aliphatic rings. The van der Waals surface area contributed by atoms with Crippen LogP contribution in [0.15, 0.2) is 78.9 Å². The van der Waals surface area contributed by atoms with Gasteiger partial charge in [-0.2, -0.15) is 0 Å². The van der Waals surface area contributed by atoms with Gasteiger partial charge in [0.15, 0.2) is 0 Å². The van der Waals surface area contributed by atoms with Crippen LogP contribution in [0.25, 0.3) is 11.1 Å². The standard InChI is InChI=1S/C24H26N2O2/c1-17(19-13-15-21(16-14-19)20-9-5-4-6-10-20)25-18(2)24(27)26-22-11-7-8-12-23(22)28-3/h4-18,25H,1-3H3,(H,26,27). The quantitative estimate of drug-likeness (QED) is 0.609. The molecule has 0 aromatic heterocycles. The van der Waals surface area contributed by atoms with Gasteiger partial charge in [-0.25, -0.2) is 0 Å². The molecule has 0 bridgehead atoms. The molecule has 0 spiro atoms. The molecule has 0 radical (unpaired) electrons. The summed E-state index contributed by atoms with van der Waals surface area (Å²) in [5, 5.41) is 6.28. The molecular weight excluding hydrogens is 348 g/mol. The van der Waals surface area contributed by atoms with Crippen LogP contribution in [0.2, 0.25) is 0 Å². The molecule has 0 aliphatic heterocycles. The minimum absolute atomic E-state index is 0.0447. The second-order valence-corrected chi connectivity index (χ2v) is 6.79. The molecule has 0 fully saturated rings. The number of para-hydroxylation sites is 2. The number of amides is 1. The first-order chi connectivity index (χ1) is 13.6. The van der Waals surface area contributed by atoms with Gasteiger partial charge in [-0.3, -0.25) is 10.1 Å². The van der Waals surface area contributed by atoms with Crippen molar-refractivity contribution in [2.45, 2.75) is 25.9 Å². The molecular formula is C24H26N2O2. The summed E-state index contributed by atoms with van der Waals surface area (Å²) in [4.78, 5) is 12.6. The topological polar surface area (TPSA) is 50.4 Å². The van der Waals surface area contributed by atoms with E-state index in [0.29, 0.717) is 11.4 Å². The predicted molar refractivity (Wildman–Crippen MR) is 115 cm³/mol. The number of hydrogen-bond donors (Lipinski definition) is 2. The van der Waals surface area contributed by atoms with Gasteiger partial charge in [0, 0.05) is 6.04 Å². The van der Waals surface area contributed by atoms with E-state index in [1.807, 2.05) is 49.4 Å². The average molecular weight is 374 g/mol. The van der Waals surface area contributed by atoms with Gasteiger partial charge in [-0.15, -0.1) is 0 Å². The van der Waals surface area contributed by atoms with E-state index in [1.165, 1.54) is 11.1 Å². The van der Waals surface area contributed by atoms with Gasteiger partial charge in [-0.05, 0) is 42.7 Å². The Hall–Kier alpha value is -3.11. The maximum atomic E-state index is 12.6. The van der Waals surface area contributed by atoms with Crippen LogP contribution in [0.5, 0.6) is 5.75 Å². The van der Waals surface area contributed by atoms with Gasteiger partial charge in [0.1, 0.15) is 5.75 Å². The fourth-order valence-corrected chi connectivity index (χ4v) is 3.13. The summed E-state index contributed by atoms with van der Waals surface area (Å²) in [5.74, 6) is 0.546. The summed E-state index contributed by atoms with van der Waals surface area (Å²) in [6, 6.07) is 25.8. The zero-order valence-electron chi connectivity index (χ0n) is 16.5. The van der Waals surface area contributed by atoms with Gasteiger partial charge < -0.3 is 10.1 Å². The van der Waals surface area contributed by atoms with Crippen LogP contribution >= 0.6 is 0 Å². The highest BCUT2D eigenvalue weighted by Gasteiger charge is 2.17. The van der Waals surface area contributed by atoms with Crippen molar-refractivity contribution >= 4 is 11.6 Å². The maximum absolute atomic E-state index is 12.6. The number of rotatable bonds is 7. The number of nitrogens with one attached hydrogen (secondary N) is 2. The summed E-state index contributed by atoms with van der Waals surface area (Å²) >= 11 is 0. The molecule has 28 heavy (non-hydrogen) atoms. The first-order valence-corrected chi connectivity index (χ1v) is 9.44. The van der Waals surface area contributed by atoms with Gasteiger partial charge in [-0.1, -0.05) is 66.7 Å². The van der Waals surface area contributed by atoms with E-state index in [9.17, 15) is 4.79 Å². The number of carbonyl (C=O) groups is 1. The van der Waals surface area contributed by atoms with Crippen molar-refractivity contribution in [1.82, 2.24) is 5.32 Å². The molecule has 4 nitrogen and oxygen atoms in total. The van der Waals surface area contributed by atoms with Crippen molar-refractivity contribution in [1.29, 1.82) is 0 Å². The Kier molecular flexibility index (Phi) is 6.45. The van der Waals surface area contributed by atoms with E-state index in [0.717, 1.165) is 5.56 Å². The zero-order valence-corrected chi connectivity index (χ0v) is 16.5. The largest absolute Gasteiger partial charge is 0.495 e. The fourth-order valence-electron chi connectivity index (χ4n) is 3.13. The zero-order chi connectivity index (χ0) is 19.9. The third-order valence-electron chi connectivity index (χ3n) is 4.78. The molecule has 1 amide bonds. The van der Waals surface area contributed by atoms with E-state index < -0.39 is 0 Å². The lowest BCUT2D eigenvalue weighted by Gasteiger charge is -2.21. The van der Waals surface area contributed by atoms with Crippen LogP contribution in [0.1, 0.15) is 25.5 Å². The third kappa shape index (κ3) is 4.78. The van der Waals surface area contributed by atoms with Crippen LogP contribution in [0.4, 0.5) is 5.69 Å². The number of methoxy groups -OCH3 is 1. The predicted octanol–water partition coefficient (Wildman–Crippen LogP) is 5.04. The normalized spacial score (nSPS) is 12.8. The highest BCUT2D eigenvalue weighted by Crippen LogP contribution is 2.24. The lowest BCUT2D eigenvalue weighted by atomic mass is 10.0. The van der Waals surface area contributed by atoms with Gasteiger partial charge in [0.2, 0.25) is 5.91 Å². The molecule has 3 rings (SSSR count). The number of anilines is 1. The van der Waals surface area contributed by atoms with Crippen molar-refractivity contribution in [3.05, 3.63) is 84.4 Å². The first kappa shape index (κ1) is 19.6. The summed E-state index contributed by atoms with van der Waals surface area (Å²) in [7, 11) is 1.59. The van der Waals surface area contributed by atoms with Crippen LogP contribution in [0, 0.1) is 0 Å². The summed E-state index contributed by atoms with van der Waals surface area (Å²) in [5.41, 5.74) is 4.18. The second-order valence-electron chi connectivity index (χ2n) is 6.79. The highest BCUT2D eigenvalue weighted by atomic mass is 16.5. The molecule has 0 aliphatic carbocycles. The lowest BCUT2D eigenvalue weighted by Crippen LogP contribution is -2.39. The lowest BCUT2D eigenvalue weighted by molar-refractivity contribution is -0.117. The first-order valence-electron chi connectivity index (χ1n) is 9.44. The molecule has 3 aromatic rings. The Morgan fingerprint density at radius 3 is 2.11 bits per heavy atom. The Labute approximate surface area is 166 Å². The van der Waals surface area contributed by atoms with E-state index in [2.05, 4.69) is 54.0 Å². The van der Waals surface area contributed by atoms with Crippen molar-refractivity contribution in [2.24, 2.45) is 0 Å². The number of hydrogen-bond acceptors (Lipinski definition) is 3. The van der Waals surface area contributed by atoms with Crippen molar-refractivity contribution in [3.63, 3.8) is 0 Å². The minimum atomic E-state index is -0.353. The molecule has 144 valence electrons. The highest BCUT2D eigenvalue weighted by molar-refractivity contribution is 5.95. The van der Waals surface area contributed by atoms with Gasteiger partial charge in [0.25, 0.3) is 0 Å². The summed E-state index contributed by atoms with van der Waals surface area (Å²) in [6.07, 6.45) is 0. The molecule has 2 atom stereocenters. The third-order valence-corrected chi connectivity index (χ3v) is 4.78. The summed E-state index contributed by atoms with van der Waals surface area (Å²) < 4.78 is 5.29. The van der Waals surface area contributed by atoms with Crippen LogP contribution in [0.3, 0.4) is 0 Å². The van der Waals surface area contributed by atoms with Crippen LogP contribution in [-0.4, -0.2) is 19.1 Å². The number of benzene rings is 3. The van der Waals surface area contributed by atoms with Crippen LogP contribution < -0.4 is 15.4 Å². The van der Waals surface area contributed by atoms with E-state index in [-0.39, 0.29) is 18.0 Å². The number of carbonyl (C=O) groups excluding carboxylic acids is 1. The Bertz CT molecular complexity index is 907. The smallest absolute Gasteiger partial charge is 0.241 e. The van der Waals surface area contributed by atoms with Gasteiger partial charge in [0.05, 0.1) is 18.8 Å². The minimum Gasteiger partial charge on any atom is -0.495 e. The van der Waals surface area contributed by atoms with Crippen molar-refractivity contribution in [3.8, 4) is 16.9 Å². The Morgan fingerprint density at radius 1 is 0.821 bits per heavy atom. The number of ether oxygens (including phenoxy) is 1. The molecule has 4 heteroatoms. The summed E-state index contributed by atoms with van der Waals surface area (Å²) in [6.45, 7) is 3.92. The maximum Gasteiger partial charge on any atom is 0.241 e. The molecule has 0 heterocycles. The van der Waals surface area contributed by atoms with E-state index in [1.54, 1.807) is 7.11 Å². The molecule has 2 N–H and O–H groups in total. The Balaban J connectivity index is 1.62. The SMILES string of the molecule is COc1ccccc1NC(=O)C(C)NC(C)c1ccc(-c2ccccc2)cc1. The molecule has 0 saturated carbocycles. The molecule has 2 unspecified atom stereocenters.